The minimum absolute atomic E-state index is 0.362. The summed E-state index contributed by atoms with van der Waals surface area (Å²) in [5, 5.41) is 0. The van der Waals surface area contributed by atoms with Crippen molar-refractivity contribution in [1.29, 1.82) is 0 Å². The van der Waals surface area contributed by atoms with E-state index in [1.807, 2.05) is 52.0 Å². The molecule has 0 spiro atoms. The molecule has 2 aromatic rings. The standard InChI is InChI=1S/C16H19NO2S/c1-10-6-5-7-11(8-10)13-9-12(17)14(20-13)15(18)19-16(2,3)4/h5-9H,17H2,1-4H3. The van der Waals surface area contributed by atoms with Gasteiger partial charge in [0.25, 0.3) is 0 Å². The van der Waals surface area contributed by atoms with Crippen LogP contribution in [0.5, 0.6) is 0 Å². The van der Waals surface area contributed by atoms with E-state index in [-0.39, 0.29) is 5.97 Å². The van der Waals surface area contributed by atoms with Gasteiger partial charge in [-0.2, -0.15) is 0 Å². The van der Waals surface area contributed by atoms with Crippen molar-refractivity contribution in [2.45, 2.75) is 33.3 Å². The van der Waals surface area contributed by atoms with E-state index in [9.17, 15) is 4.79 Å². The smallest absolute Gasteiger partial charge is 0.350 e. The molecule has 0 aliphatic carbocycles. The number of benzene rings is 1. The molecule has 0 amide bonds. The molecule has 2 N–H and O–H groups in total. The highest BCUT2D eigenvalue weighted by molar-refractivity contribution is 7.18. The molecule has 0 saturated heterocycles. The zero-order chi connectivity index (χ0) is 14.9. The van der Waals surface area contributed by atoms with Gasteiger partial charge in [0.15, 0.2) is 0 Å². The third-order valence-corrected chi connectivity index (χ3v) is 3.83. The van der Waals surface area contributed by atoms with E-state index in [0.29, 0.717) is 10.6 Å². The molecule has 1 aromatic heterocycles. The average Bonchev–Trinajstić information content (AvgIpc) is 2.69. The minimum atomic E-state index is -0.517. The van der Waals surface area contributed by atoms with Crippen LogP contribution in [0.2, 0.25) is 0 Å². The number of ether oxygens (including phenoxy) is 1. The van der Waals surface area contributed by atoms with Gasteiger partial charge in [-0.1, -0.05) is 29.8 Å². The molecule has 4 heteroatoms. The molecule has 0 unspecified atom stereocenters. The van der Waals surface area contributed by atoms with E-state index < -0.39 is 5.60 Å². The lowest BCUT2D eigenvalue weighted by molar-refractivity contribution is 0.00764. The van der Waals surface area contributed by atoms with Crippen LogP contribution in [0.3, 0.4) is 0 Å². The highest BCUT2D eigenvalue weighted by Gasteiger charge is 2.22. The predicted molar refractivity (Wildman–Crippen MR) is 84.1 cm³/mol. The van der Waals surface area contributed by atoms with Crippen molar-refractivity contribution in [1.82, 2.24) is 0 Å². The van der Waals surface area contributed by atoms with Gasteiger partial charge in [-0.05, 0) is 39.3 Å². The van der Waals surface area contributed by atoms with Crippen molar-refractivity contribution in [3.63, 3.8) is 0 Å². The van der Waals surface area contributed by atoms with Crippen LogP contribution in [0.25, 0.3) is 10.4 Å². The Morgan fingerprint density at radius 1 is 1.25 bits per heavy atom. The van der Waals surface area contributed by atoms with Crippen LogP contribution in [0.15, 0.2) is 30.3 Å². The van der Waals surface area contributed by atoms with E-state index in [4.69, 9.17) is 10.5 Å². The van der Waals surface area contributed by atoms with Crippen LogP contribution in [-0.4, -0.2) is 11.6 Å². The number of nitrogen functional groups attached to an aromatic ring is 1. The maximum atomic E-state index is 12.1. The zero-order valence-electron chi connectivity index (χ0n) is 12.2. The molecule has 1 aromatic carbocycles. The van der Waals surface area contributed by atoms with Crippen molar-refractivity contribution in [2.75, 3.05) is 5.73 Å². The molecule has 0 radical (unpaired) electrons. The van der Waals surface area contributed by atoms with Crippen LogP contribution in [0.1, 0.15) is 36.0 Å². The van der Waals surface area contributed by atoms with Gasteiger partial charge in [0.05, 0.1) is 5.69 Å². The Morgan fingerprint density at radius 3 is 2.55 bits per heavy atom. The molecule has 3 nitrogen and oxygen atoms in total. The average molecular weight is 289 g/mol. The molecule has 106 valence electrons. The van der Waals surface area contributed by atoms with Gasteiger partial charge in [0.1, 0.15) is 10.5 Å². The number of hydrogen-bond donors (Lipinski definition) is 1. The highest BCUT2D eigenvalue weighted by Crippen LogP contribution is 2.34. The first kappa shape index (κ1) is 14.6. The number of thiophene rings is 1. The second-order valence-corrected chi connectivity index (χ2v) is 6.82. The summed E-state index contributed by atoms with van der Waals surface area (Å²) in [6.45, 7) is 7.57. The Morgan fingerprint density at radius 2 is 1.95 bits per heavy atom. The van der Waals surface area contributed by atoms with Crippen molar-refractivity contribution in [3.05, 3.63) is 40.8 Å². The summed E-state index contributed by atoms with van der Waals surface area (Å²) < 4.78 is 5.37. The summed E-state index contributed by atoms with van der Waals surface area (Å²) in [6.07, 6.45) is 0. The van der Waals surface area contributed by atoms with Gasteiger partial charge in [-0.25, -0.2) is 4.79 Å². The van der Waals surface area contributed by atoms with Crippen molar-refractivity contribution < 1.29 is 9.53 Å². The minimum Gasteiger partial charge on any atom is -0.456 e. The Kier molecular flexibility index (Phi) is 3.86. The highest BCUT2D eigenvalue weighted by atomic mass is 32.1. The number of nitrogens with two attached hydrogens (primary N) is 1. The summed E-state index contributed by atoms with van der Waals surface area (Å²) in [7, 11) is 0. The number of carbonyl (C=O) groups is 1. The van der Waals surface area contributed by atoms with E-state index in [1.165, 1.54) is 16.9 Å². The predicted octanol–water partition coefficient (Wildman–Crippen LogP) is 4.26. The lowest BCUT2D eigenvalue weighted by atomic mass is 10.1. The number of aryl methyl sites for hydroxylation is 1. The quantitative estimate of drug-likeness (QED) is 0.840. The van der Waals surface area contributed by atoms with E-state index in [0.717, 1.165) is 10.4 Å². The van der Waals surface area contributed by atoms with Crippen LogP contribution in [0, 0.1) is 6.92 Å². The summed E-state index contributed by atoms with van der Waals surface area (Å²) in [5.74, 6) is -0.362. The molecule has 20 heavy (non-hydrogen) atoms. The Balaban J connectivity index is 2.33. The number of rotatable bonds is 2. The largest absolute Gasteiger partial charge is 0.456 e. The van der Waals surface area contributed by atoms with Gasteiger partial charge >= 0.3 is 5.97 Å². The fourth-order valence-electron chi connectivity index (χ4n) is 1.83. The monoisotopic (exact) mass is 289 g/mol. The third kappa shape index (κ3) is 3.39. The van der Waals surface area contributed by atoms with Crippen molar-refractivity contribution in [3.8, 4) is 10.4 Å². The first-order valence-corrected chi connectivity index (χ1v) is 7.27. The first-order chi connectivity index (χ1) is 9.26. The third-order valence-electron chi connectivity index (χ3n) is 2.65. The summed E-state index contributed by atoms with van der Waals surface area (Å²) in [5.41, 5.74) is 8.14. The number of hydrogen-bond acceptors (Lipinski definition) is 4. The Bertz CT molecular complexity index is 638. The Hall–Kier alpha value is -1.81. The van der Waals surface area contributed by atoms with E-state index >= 15 is 0 Å². The topological polar surface area (TPSA) is 52.3 Å². The van der Waals surface area contributed by atoms with Crippen LogP contribution >= 0.6 is 11.3 Å². The van der Waals surface area contributed by atoms with Crippen molar-refractivity contribution >= 4 is 23.0 Å². The number of carbonyl (C=O) groups excluding carboxylic acids is 1. The first-order valence-electron chi connectivity index (χ1n) is 6.46. The number of anilines is 1. The lowest BCUT2D eigenvalue weighted by Gasteiger charge is -2.18. The zero-order valence-corrected chi connectivity index (χ0v) is 13.0. The maximum absolute atomic E-state index is 12.1. The van der Waals surface area contributed by atoms with Gasteiger partial charge in [0, 0.05) is 4.88 Å². The molecular weight excluding hydrogens is 270 g/mol. The van der Waals surface area contributed by atoms with Gasteiger partial charge in [0.2, 0.25) is 0 Å². The molecule has 0 bridgehead atoms. The van der Waals surface area contributed by atoms with Crippen LogP contribution in [-0.2, 0) is 4.74 Å². The number of esters is 1. The molecule has 0 aliphatic heterocycles. The molecule has 0 aliphatic rings. The maximum Gasteiger partial charge on any atom is 0.350 e. The van der Waals surface area contributed by atoms with Crippen LogP contribution < -0.4 is 5.73 Å². The molecule has 2 rings (SSSR count). The second-order valence-electron chi connectivity index (χ2n) is 5.77. The lowest BCUT2D eigenvalue weighted by Crippen LogP contribution is -2.23. The molecule has 0 fully saturated rings. The summed E-state index contributed by atoms with van der Waals surface area (Å²) in [4.78, 5) is 13.5. The van der Waals surface area contributed by atoms with Crippen LogP contribution in [0.4, 0.5) is 5.69 Å². The van der Waals surface area contributed by atoms with Gasteiger partial charge in [-0.15, -0.1) is 11.3 Å². The summed E-state index contributed by atoms with van der Waals surface area (Å²) >= 11 is 1.37. The normalized spacial score (nSPS) is 11.4. The van der Waals surface area contributed by atoms with Gasteiger partial charge in [-0.3, -0.25) is 0 Å². The molecule has 1 heterocycles. The Labute approximate surface area is 123 Å². The van der Waals surface area contributed by atoms with E-state index in [1.54, 1.807) is 0 Å². The SMILES string of the molecule is Cc1cccc(-c2cc(N)c(C(=O)OC(C)(C)C)s2)c1. The summed E-state index contributed by atoms with van der Waals surface area (Å²) in [6, 6.07) is 9.95. The second kappa shape index (κ2) is 5.29. The molecule has 0 saturated carbocycles. The van der Waals surface area contributed by atoms with E-state index in [2.05, 4.69) is 6.07 Å². The van der Waals surface area contributed by atoms with Crippen molar-refractivity contribution in [2.24, 2.45) is 0 Å². The molecule has 0 atom stereocenters. The fourth-order valence-corrected chi connectivity index (χ4v) is 2.78. The molecular formula is C16H19NO2S. The van der Waals surface area contributed by atoms with Gasteiger partial charge < -0.3 is 10.5 Å². The fraction of sp³-hybridized carbons (Fsp3) is 0.312.